The van der Waals surface area contributed by atoms with Gasteiger partial charge in [0, 0.05) is 21.5 Å². The molecule has 2 saturated heterocycles. The maximum atomic E-state index is 2.33. The Morgan fingerprint density at radius 1 is 1.57 bits per heavy atom. The minimum absolute atomic E-state index is 1.000. The van der Waals surface area contributed by atoms with Crippen molar-refractivity contribution in [2.45, 2.75) is 22.7 Å². The van der Waals surface area contributed by atoms with Crippen LogP contribution in [0.15, 0.2) is 0 Å². The molecule has 3 unspecified atom stereocenters. The molecule has 2 aliphatic heterocycles. The summed E-state index contributed by atoms with van der Waals surface area (Å²) in [6, 6.07) is 0. The van der Waals surface area contributed by atoms with Crippen molar-refractivity contribution in [1.29, 1.82) is 0 Å². The Labute approximate surface area is 52.4 Å². The van der Waals surface area contributed by atoms with Crippen LogP contribution < -0.4 is 0 Å². The molecule has 0 radical (unpaired) electrons. The minimum atomic E-state index is 1.000. The highest BCUT2D eigenvalue weighted by molar-refractivity contribution is 8.12. The third kappa shape index (κ3) is 0.789. The summed E-state index contributed by atoms with van der Waals surface area (Å²) >= 11 is 4.26. The van der Waals surface area contributed by atoms with Gasteiger partial charge >= 0.3 is 0 Å². The van der Waals surface area contributed by atoms with Crippen molar-refractivity contribution < 1.29 is 0 Å². The number of rotatable bonds is 1. The molecule has 2 heterocycles. The van der Waals surface area contributed by atoms with Gasteiger partial charge in [-0.3, -0.25) is 0 Å². The van der Waals surface area contributed by atoms with Crippen molar-refractivity contribution in [2.24, 2.45) is 0 Å². The summed E-state index contributed by atoms with van der Waals surface area (Å²) in [5, 5.41) is 3.13. The SMILES string of the molecule is CC1SC1C1CS1. The second kappa shape index (κ2) is 1.35. The van der Waals surface area contributed by atoms with Crippen LogP contribution in [0, 0.1) is 0 Å². The molecule has 0 aromatic rings. The average molecular weight is 132 g/mol. The van der Waals surface area contributed by atoms with E-state index in [2.05, 4.69) is 30.4 Å². The highest BCUT2D eigenvalue weighted by atomic mass is 32.2. The fourth-order valence-corrected chi connectivity index (χ4v) is 3.10. The molecule has 0 nitrogen and oxygen atoms in total. The standard InChI is InChI=1S/C5H8S2/c1-3-5(7-3)4-2-6-4/h3-5H,2H2,1H3. The first kappa shape index (κ1) is 4.57. The fourth-order valence-electron chi connectivity index (χ4n) is 0.838. The van der Waals surface area contributed by atoms with Crippen LogP contribution in [-0.2, 0) is 0 Å². The van der Waals surface area contributed by atoms with Crippen LogP contribution in [0.4, 0.5) is 0 Å². The maximum absolute atomic E-state index is 2.33. The first-order chi connectivity index (χ1) is 3.38. The summed E-state index contributed by atoms with van der Waals surface area (Å²) < 4.78 is 0. The lowest BCUT2D eigenvalue weighted by Crippen LogP contribution is -1.95. The molecule has 0 N–H and O–H groups in total. The Hall–Kier alpha value is 0.700. The molecule has 2 heteroatoms. The van der Waals surface area contributed by atoms with E-state index in [1.54, 1.807) is 0 Å². The molecule has 0 bridgehead atoms. The molecular weight excluding hydrogens is 124 g/mol. The quantitative estimate of drug-likeness (QED) is 0.497. The molecule has 0 saturated carbocycles. The van der Waals surface area contributed by atoms with Crippen LogP contribution in [0.3, 0.4) is 0 Å². The molecule has 2 rings (SSSR count). The molecule has 0 aromatic heterocycles. The Morgan fingerprint density at radius 3 is 2.29 bits per heavy atom. The number of hydrogen-bond acceptors (Lipinski definition) is 2. The van der Waals surface area contributed by atoms with Crippen LogP contribution in [0.25, 0.3) is 0 Å². The van der Waals surface area contributed by atoms with E-state index in [4.69, 9.17) is 0 Å². The highest BCUT2D eigenvalue weighted by Crippen LogP contribution is 2.53. The lowest BCUT2D eigenvalue weighted by atomic mass is 10.3. The monoisotopic (exact) mass is 132 g/mol. The molecule has 40 valence electrons. The van der Waals surface area contributed by atoms with Crippen molar-refractivity contribution in [1.82, 2.24) is 0 Å². The van der Waals surface area contributed by atoms with Gasteiger partial charge in [-0.2, -0.15) is 23.5 Å². The fraction of sp³-hybridized carbons (Fsp3) is 1.00. The van der Waals surface area contributed by atoms with E-state index in [0.29, 0.717) is 0 Å². The van der Waals surface area contributed by atoms with Gasteiger partial charge in [0.15, 0.2) is 0 Å². The Bertz CT molecular complexity index is 88.1. The van der Waals surface area contributed by atoms with E-state index >= 15 is 0 Å². The Morgan fingerprint density at radius 2 is 2.14 bits per heavy atom. The normalized spacial score (nSPS) is 57.0. The summed E-state index contributed by atoms with van der Waals surface area (Å²) in [7, 11) is 0. The molecule has 7 heavy (non-hydrogen) atoms. The summed E-state index contributed by atoms with van der Waals surface area (Å²) in [6.45, 7) is 2.33. The molecule has 2 aliphatic rings. The van der Waals surface area contributed by atoms with Crippen LogP contribution in [0.1, 0.15) is 6.92 Å². The first-order valence-corrected chi connectivity index (χ1v) is 4.64. The van der Waals surface area contributed by atoms with Crippen LogP contribution in [-0.4, -0.2) is 21.5 Å². The Balaban J connectivity index is 1.88. The maximum Gasteiger partial charge on any atom is 0.0293 e. The first-order valence-electron chi connectivity index (χ1n) is 2.65. The smallest absolute Gasteiger partial charge is 0.0293 e. The Kier molecular flexibility index (Phi) is 0.880. The van der Waals surface area contributed by atoms with E-state index in [0.717, 1.165) is 15.7 Å². The molecule has 0 aromatic carbocycles. The van der Waals surface area contributed by atoms with Crippen LogP contribution in [0.2, 0.25) is 0 Å². The average Bonchev–Trinajstić information content (AvgIpc) is 2.23. The molecular formula is C5H8S2. The van der Waals surface area contributed by atoms with E-state index in [1.165, 1.54) is 5.75 Å². The van der Waals surface area contributed by atoms with Gasteiger partial charge < -0.3 is 0 Å². The van der Waals surface area contributed by atoms with E-state index < -0.39 is 0 Å². The second-order valence-electron chi connectivity index (χ2n) is 2.18. The highest BCUT2D eigenvalue weighted by Gasteiger charge is 2.46. The molecule has 3 atom stereocenters. The van der Waals surface area contributed by atoms with Gasteiger partial charge in [-0.15, -0.1) is 0 Å². The van der Waals surface area contributed by atoms with E-state index in [1.807, 2.05) is 0 Å². The zero-order valence-corrected chi connectivity index (χ0v) is 5.89. The van der Waals surface area contributed by atoms with Gasteiger partial charge in [-0.25, -0.2) is 0 Å². The summed E-state index contributed by atoms with van der Waals surface area (Å²) in [4.78, 5) is 0. The minimum Gasteiger partial charge on any atom is -0.155 e. The zero-order chi connectivity index (χ0) is 4.85. The topological polar surface area (TPSA) is 0 Å². The van der Waals surface area contributed by atoms with E-state index in [-0.39, 0.29) is 0 Å². The van der Waals surface area contributed by atoms with Gasteiger partial charge in [0.05, 0.1) is 0 Å². The zero-order valence-electron chi connectivity index (χ0n) is 4.26. The van der Waals surface area contributed by atoms with Crippen LogP contribution >= 0.6 is 23.5 Å². The molecule has 2 fully saturated rings. The van der Waals surface area contributed by atoms with Gasteiger partial charge in [0.1, 0.15) is 0 Å². The predicted molar refractivity (Wildman–Crippen MR) is 37.1 cm³/mol. The number of hydrogen-bond donors (Lipinski definition) is 0. The van der Waals surface area contributed by atoms with Crippen LogP contribution in [0.5, 0.6) is 0 Å². The lowest BCUT2D eigenvalue weighted by Gasteiger charge is -1.78. The third-order valence-electron chi connectivity index (χ3n) is 1.48. The van der Waals surface area contributed by atoms with Gasteiger partial charge in [0.25, 0.3) is 0 Å². The van der Waals surface area contributed by atoms with Crippen molar-refractivity contribution in [3.05, 3.63) is 0 Å². The molecule has 0 aliphatic carbocycles. The van der Waals surface area contributed by atoms with Gasteiger partial charge in [-0.05, 0) is 0 Å². The lowest BCUT2D eigenvalue weighted by molar-refractivity contribution is 0.971. The summed E-state index contributed by atoms with van der Waals surface area (Å²) in [5.41, 5.74) is 0. The largest absolute Gasteiger partial charge is 0.155 e. The third-order valence-corrected chi connectivity index (χ3v) is 4.13. The van der Waals surface area contributed by atoms with Crippen molar-refractivity contribution in [3.63, 3.8) is 0 Å². The van der Waals surface area contributed by atoms with Crippen molar-refractivity contribution >= 4 is 23.5 Å². The second-order valence-corrected chi connectivity index (χ2v) is 5.01. The predicted octanol–water partition coefficient (Wildman–Crippen LogP) is 1.61. The molecule has 0 amide bonds. The van der Waals surface area contributed by atoms with Crippen molar-refractivity contribution in [2.75, 3.05) is 5.75 Å². The summed E-state index contributed by atoms with van der Waals surface area (Å²) in [5.74, 6) is 1.45. The summed E-state index contributed by atoms with van der Waals surface area (Å²) in [6.07, 6.45) is 0. The van der Waals surface area contributed by atoms with Gasteiger partial charge in [0.2, 0.25) is 0 Å². The van der Waals surface area contributed by atoms with Crippen molar-refractivity contribution in [3.8, 4) is 0 Å². The van der Waals surface area contributed by atoms with Gasteiger partial charge in [-0.1, -0.05) is 6.92 Å². The van der Waals surface area contributed by atoms with E-state index in [9.17, 15) is 0 Å². The molecule has 0 spiro atoms. The number of thioether (sulfide) groups is 2.